The van der Waals surface area contributed by atoms with Crippen LogP contribution in [0.5, 0.6) is 0 Å². The monoisotopic (exact) mass is 320 g/mol. The number of alkyl halides is 3. The quantitative estimate of drug-likeness (QED) is 0.628. The van der Waals surface area contributed by atoms with E-state index >= 15 is 0 Å². The Morgan fingerprint density at radius 3 is 2.26 bits per heavy atom. The highest BCUT2D eigenvalue weighted by atomic mass is 19.4. The van der Waals surface area contributed by atoms with E-state index in [0.717, 1.165) is 53.8 Å². The van der Waals surface area contributed by atoms with E-state index in [1.807, 2.05) is 31.2 Å². The van der Waals surface area contributed by atoms with Crippen LogP contribution in [0.4, 0.5) is 13.2 Å². The molecule has 2 nitrogen and oxygen atoms in total. The van der Waals surface area contributed by atoms with Crippen molar-refractivity contribution in [1.82, 2.24) is 9.61 Å². The number of nitrogens with zero attached hydrogens (tertiary/aromatic N) is 2. The first-order valence-electron chi connectivity index (χ1n) is 7.96. The van der Waals surface area contributed by atoms with Crippen molar-refractivity contribution in [2.24, 2.45) is 0 Å². The second-order valence-electron chi connectivity index (χ2n) is 5.80. The second-order valence-corrected chi connectivity index (χ2v) is 5.80. The highest BCUT2D eigenvalue weighted by Crippen LogP contribution is 2.34. The van der Waals surface area contributed by atoms with Crippen LogP contribution in [0.1, 0.15) is 43.6 Å². The Balaban J connectivity index is 2.44. The first kappa shape index (κ1) is 15.8. The fourth-order valence-electron chi connectivity index (χ4n) is 3.19. The number of fused-ring (bicyclic) bond motifs is 3. The number of hydrogen-bond acceptors (Lipinski definition) is 1. The smallest absolute Gasteiger partial charge is 0.236 e. The van der Waals surface area contributed by atoms with Crippen LogP contribution in [-0.2, 0) is 19.0 Å². The summed E-state index contributed by atoms with van der Waals surface area (Å²) in [5, 5.41) is 5.76. The molecule has 0 aliphatic rings. The zero-order valence-electron chi connectivity index (χ0n) is 13.2. The van der Waals surface area contributed by atoms with E-state index in [9.17, 15) is 13.2 Å². The molecule has 122 valence electrons. The zero-order chi connectivity index (χ0) is 16.6. The fraction of sp³-hybridized carbons (Fsp3) is 0.389. The minimum absolute atomic E-state index is 0.538. The van der Waals surface area contributed by atoms with E-state index in [-0.39, 0.29) is 0 Å². The minimum Gasteiger partial charge on any atom is -0.236 e. The molecule has 0 saturated heterocycles. The number of aromatic nitrogens is 2. The highest BCUT2D eigenvalue weighted by Gasteiger charge is 2.34. The van der Waals surface area contributed by atoms with Gasteiger partial charge >= 0.3 is 6.18 Å². The molecule has 5 heteroatoms. The van der Waals surface area contributed by atoms with Gasteiger partial charge in [-0.2, -0.15) is 18.3 Å². The van der Waals surface area contributed by atoms with Crippen LogP contribution in [0.15, 0.2) is 30.3 Å². The van der Waals surface area contributed by atoms with Crippen LogP contribution >= 0.6 is 0 Å². The molecule has 0 unspecified atom stereocenters. The van der Waals surface area contributed by atoms with Gasteiger partial charge in [0.1, 0.15) is 0 Å². The largest absolute Gasteiger partial charge is 0.435 e. The van der Waals surface area contributed by atoms with Gasteiger partial charge in [-0.15, -0.1) is 0 Å². The molecule has 3 aromatic rings. The molecule has 3 rings (SSSR count). The molecule has 0 atom stereocenters. The topological polar surface area (TPSA) is 17.3 Å². The third-order valence-corrected chi connectivity index (χ3v) is 4.12. The molecule has 0 spiro atoms. The molecule has 0 amide bonds. The van der Waals surface area contributed by atoms with E-state index < -0.39 is 11.9 Å². The van der Waals surface area contributed by atoms with E-state index in [1.165, 1.54) is 4.52 Å². The summed E-state index contributed by atoms with van der Waals surface area (Å²) in [6.45, 7) is 4.11. The summed E-state index contributed by atoms with van der Waals surface area (Å²) in [5.41, 5.74) is 1.73. The zero-order valence-corrected chi connectivity index (χ0v) is 13.2. The van der Waals surface area contributed by atoms with Crippen molar-refractivity contribution in [3.05, 3.63) is 47.3 Å². The number of halogens is 3. The molecular formula is C18H19F3N2. The third-order valence-electron chi connectivity index (χ3n) is 4.12. The van der Waals surface area contributed by atoms with Crippen LogP contribution in [-0.4, -0.2) is 9.61 Å². The molecule has 0 aliphatic heterocycles. The number of benzene rings is 1. The summed E-state index contributed by atoms with van der Waals surface area (Å²) in [5.74, 6) is 0. The number of hydrogen-bond donors (Lipinski definition) is 0. The van der Waals surface area contributed by atoms with Crippen molar-refractivity contribution < 1.29 is 13.2 Å². The van der Waals surface area contributed by atoms with Crippen LogP contribution < -0.4 is 0 Å². The van der Waals surface area contributed by atoms with E-state index in [0.29, 0.717) is 5.52 Å². The van der Waals surface area contributed by atoms with Crippen LogP contribution in [0.2, 0.25) is 0 Å². The predicted molar refractivity (Wildman–Crippen MR) is 85.7 cm³/mol. The Bertz CT molecular complexity index is 847. The van der Waals surface area contributed by atoms with E-state index in [1.54, 1.807) is 0 Å². The SMILES string of the molecule is CCCc1c(CCC)n2nc(C(F)(F)F)cc2c2ccccc12. The standard InChI is InChI=1S/C18H19F3N2/c1-3-7-13-12-9-5-6-10-14(12)16-11-17(18(19,20)21)22-23(16)15(13)8-4-2/h5-6,9-11H,3-4,7-8H2,1-2H3. The Labute approximate surface area is 132 Å². The summed E-state index contributed by atoms with van der Waals surface area (Å²) < 4.78 is 40.9. The number of rotatable bonds is 4. The summed E-state index contributed by atoms with van der Waals surface area (Å²) in [6, 6.07) is 8.84. The van der Waals surface area contributed by atoms with Gasteiger partial charge in [-0.05, 0) is 29.9 Å². The summed E-state index contributed by atoms with van der Waals surface area (Å²) in [4.78, 5) is 0. The molecule has 0 bridgehead atoms. The highest BCUT2D eigenvalue weighted by molar-refractivity contribution is 5.98. The van der Waals surface area contributed by atoms with Crippen molar-refractivity contribution in [1.29, 1.82) is 0 Å². The predicted octanol–water partition coefficient (Wildman–Crippen LogP) is 5.41. The molecule has 2 aromatic heterocycles. The van der Waals surface area contributed by atoms with E-state index in [2.05, 4.69) is 12.0 Å². The maximum Gasteiger partial charge on any atom is 0.435 e. The average molecular weight is 320 g/mol. The van der Waals surface area contributed by atoms with Crippen molar-refractivity contribution >= 4 is 16.3 Å². The molecule has 0 saturated carbocycles. The summed E-state index contributed by atoms with van der Waals surface area (Å²) in [6.07, 6.45) is -1.06. The van der Waals surface area contributed by atoms with Crippen LogP contribution in [0.3, 0.4) is 0 Å². The number of pyridine rings is 1. The second kappa shape index (κ2) is 5.87. The van der Waals surface area contributed by atoms with Crippen molar-refractivity contribution in [2.45, 2.75) is 45.7 Å². The minimum atomic E-state index is -4.43. The molecule has 23 heavy (non-hydrogen) atoms. The molecule has 0 aliphatic carbocycles. The molecule has 2 heterocycles. The van der Waals surface area contributed by atoms with Gasteiger partial charge in [-0.3, -0.25) is 0 Å². The van der Waals surface area contributed by atoms with Crippen LogP contribution in [0, 0.1) is 0 Å². The molecule has 0 radical (unpaired) electrons. The normalized spacial score (nSPS) is 12.4. The Morgan fingerprint density at radius 2 is 1.65 bits per heavy atom. The molecule has 0 N–H and O–H groups in total. The van der Waals surface area contributed by atoms with Gasteiger partial charge in [0.05, 0.1) is 5.52 Å². The maximum absolute atomic E-state index is 13.1. The van der Waals surface area contributed by atoms with Gasteiger partial charge in [0.15, 0.2) is 5.69 Å². The lowest BCUT2D eigenvalue weighted by molar-refractivity contribution is -0.141. The first-order chi connectivity index (χ1) is 11.0. The van der Waals surface area contributed by atoms with Crippen molar-refractivity contribution in [2.75, 3.05) is 0 Å². The van der Waals surface area contributed by atoms with Gasteiger partial charge in [-0.25, -0.2) is 4.52 Å². The van der Waals surface area contributed by atoms with Gasteiger partial charge < -0.3 is 0 Å². The lowest BCUT2D eigenvalue weighted by Gasteiger charge is -2.15. The third kappa shape index (κ3) is 2.69. The van der Waals surface area contributed by atoms with E-state index in [4.69, 9.17) is 0 Å². The van der Waals surface area contributed by atoms with Gasteiger partial charge in [0.2, 0.25) is 0 Å². The lowest BCUT2D eigenvalue weighted by Crippen LogP contribution is -2.09. The Morgan fingerprint density at radius 1 is 1.00 bits per heavy atom. The van der Waals surface area contributed by atoms with Crippen molar-refractivity contribution in [3.8, 4) is 0 Å². The fourth-order valence-corrected chi connectivity index (χ4v) is 3.19. The molecule has 1 aromatic carbocycles. The Kier molecular flexibility index (Phi) is 4.04. The van der Waals surface area contributed by atoms with Gasteiger partial charge in [0, 0.05) is 11.1 Å². The Hall–Kier alpha value is -2.04. The van der Waals surface area contributed by atoms with Crippen LogP contribution in [0.25, 0.3) is 16.3 Å². The molecule has 0 fully saturated rings. The number of aryl methyl sites for hydroxylation is 2. The van der Waals surface area contributed by atoms with Crippen molar-refractivity contribution in [3.63, 3.8) is 0 Å². The van der Waals surface area contributed by atoms with Gasteiger partial charge in [-0.1, -0.05) is 51.0 Å². The maximum atomic E-state index is 13.1. The molecular weight excluding hydrogens is 301 g/mol. The summed E-state index contributed by atoms with van der Waals surface area (Å²) >= 11 is 0. The lowest BCUT2D eigenvalue weighted by atomic mass is 9.97. The first-order valence-corrected chi connectivity index (χ1v) is 7.96. The summed E-state index contributed by atoms with van der Waals surface area (Å²) in [7, 11) is 0. The van der Waals surface area contributed by atoms with Gasteiger partial charge in [0.25, 0.3) is 0 Å². The average Bonchev–Trinajstić information content (AvgIpc) is 2.96.